The summed E-state index contributed by atoms with van der Waals surface area (Å²) in [6, 6.07) is 4.21. The van der Waals surface area contributed by atoms with Crippen molar-refractivity contribution >= 4 is 17.3 Å². The molecule has 0 bridgehead atoms. The number of halogens is 6. The van der Waals surface area contributed by atoms with Gasteiger partial charge < -0.3 is 10.1 Å². The Labute approximate surface area is 159 Å². The molecule has 0 atom stereocenters. The molecule has 0 spiro atoms. The van der Waals surface area contributed by atoms with Gasteiger partial charge in [0, 0.05) is 12.1 Å². The lowest BCUT2D eigenvalue weighted by Gasteiger charge is -2.15. The van der Waals surface area contributed by atoms with Crippen LogP contribution in [0.5, 0.6) is 5.75 Å². The lowest BCUT2D eigenvalue weighted by molar-refractivity contribution is -0.384. The summed E-state index contributed by atoms with van der Waals surface area (Å²) in [5, 5.41) is 13.0. The average molecular weight is 422 g/mol. The summed E-state index contributed by atoms with van der Waals surface area (Å²) >= 11 is 0. The Morgan fingerprint density at radius 2 is 1.59 bits per heavy atom. The topological polar surface area (TPSA) is 81.5 Å². The van der Waals surface area contributed by atoms with Crippen LogP contribution in [0.1, 0.15) is 16.7 Å². The van der Waals surface area contributed by atoms with Crippen LogP contribution in [0.3, 0.4) is 0 Å². The van der Waals surface area contributed by atoms with E-state index >= 15 is 0 Å². The van der Waals surface area contributed by atoms with Crippen LogP contribution in [0.2, 0.25) is 0 Å². The minimum absolute atomic E-state index is 0.0489. The van der Waals surface area contributed by atoms with E-state index < -0.39 is 46.7 Å². The zero-order valence-electron chi connectivity index (χ0n) is 14.5. The third-order valence-electron chi connectivity index (χ3n) is 3.64. The highest BCUT2D eigenvalue weighted by Gasteiger charge is 2.37. The molecule has 0 aliphatic heterocycles. The van der Waals surface area contributed by atoms with Crippen molar-refractivity contribution in [1.82, 2.24) is 0 Å². The third-order valence-corrected chi connectivity index (χ3v) is 3.64. The van der Waals surface area contributed by atoms with Crippen LogP contribution >= 0.6 is 0 Å². The number of carbonyl (C=O) groups excluding carboxylic acids is 1. The molecule has 6 nitrogen and oxygen atoms in total. The highest BCUT2D eigenvalue weighted by Crippen LogP contribution is 2.38. The molecule has 12 heteroatoms. The number of anilines is 1. The molecule has 0 aliphatic rings. The average Bonchev–Trinajstić information content (AvgIpc) is 2.60. The molecule has 0 fully saturated rings. The second-order valence-electron chi connectivity index (χ2n) is 5.83. The molecule has 2 aromatic rings. The van der Waals surface area contributed by atoms with Gasteiger partial charge in [0.2, 0.25) is 0 Å². The van der Waals surface area contributed by atoms with Gasteiger partial charge in [0.15, 0.2) is 6.61 Å². The van der Waals surface area contributed by atoms with Gasteiger partial charge in [0.05, 0.1) is 21.7 Å². The molecular weight excluding hydrogens is 410 g/mol. The maximum absolute atomic E-state index is 12.8. The Hall–Kier alpha value is -3.31. The maximum atomic E-state index is 12.8. The van der Waals surface area contributed by atoms with Crippen molar-refractivity contribution in [2.45, 2.75) is 19.3 Å². The molecule has 0 aromatic heterocycles. The van der Waals surface area contributed by atoms with E-state index in [2.05, 4.69) is 5.32 Å². The SMILES string of the molecule is Cc1ccc([N+](=O)[O-])cc1NC(=O)COc1cc(C(F)(F)F)cc(C(F)(F)F)c1. The molecule has 1 amide bonds. The first kappa shape index (κ1) is 22.0. The number of hydrogen-bond acceptors (Lipinski definition) is 4. The zero-order valence-corrected chi connectivity index (χ0v) is 14.5. The molecule has 0 heterocycles. The number of hydrogen-bond donors (Lipinski definition) is 1. The van der Waals surface area contributed by atoms with E-state index in [1.54, 1.807) is 0 Å². The minimum atomic E-state index is -5.05. The van der Waals surface area contributed by atoms with Crippen molar-refractivity contribution in [2.75, 3.05) is 11.9 Å². The molecule has 0 radical (unpaired) electrons. The Bertz CT molecular complexity index is 908. The summed E-state index contributed by atoms with van der Waals surface area (Å²) in [7, 11) is 0. The van der Waals surface area contributed by atoms with Crippen molar-refractivity contribution in [3.63, 3.8) is 0 Å². The Morgan fingerprint density at radius 1 is 1.03 bits per heavy atom. The van der Waals surface area contributed by atoms with Crippen molar-refractivity contribution in [1.29, 1.82) is 0 Å². The van der Waals surface area contributed by atoms with E-state index in [0.717, 1.165) is 6.07 Å². The van der Waals surface area contributed by atoms with Crippen molar-refractivity contribution in [3.05, 3.63) is 63.2 Å². The second kappa shape index (κ2) is 7.97. The highest BCUT2D eigenvalue weighted by atomic mass is 19.4. The summed E-state index contributed by atoms with van der Waals surface area (Å²) in [5.41, 5.74) is -3.00. The number of aryl methyl sites for hydroxylation is 1. The third kappa shape index (κ3) is 5.83. The molecular formula is C17H12F6N2O4. The minimum Gasteiger partial charge on any atom is -0.484 e. The van der Waals surface area contributed by atoms with Gasteiger partial charge in [-0.05, 0) is 30.7 Å². The number of nitro benzene ring substituents is 1. The van der Waals surface area contributed by atoms with Gasteiger partial charge >= 0.3 is 12.4 Å². The van der Waals surface area contributed by atoms with E-state index in [-0.39, 0.29) is 17.4 Å². The standard InChI is InChI=1S/C17H12F6N2O4/c1-9-2-3-12(25(27)28)7-14(9)24-15(26)8-29-13-5-10(16(18,19)20)4-11(6-13)17(21,22)23/h2-7H,8H2,1H3,(H,24,26). The fourth-order valence-corrected chi connectivity index (χ4v) is 2.20. The van der Waals surface area contributed by atoms with Gasteiger partial charge in [-0.2, -0.15) is 26.3 Å². The van der Waals surface area contributed by atoms with Crippen LogP contribution in [0.4, 0.5) is 37.7 Å². The number of rotatable bonds is 5. The first-order valence-electron chi connectivity index (χ1n) is 7.74. The molecule has 0 aliphatic carbocycles. The summed E-state index contributed by atoms with van der Waals surface area (Å²) < 4.78 is 81.7. The maximum Gasteiger partial charge on any atom is 0.416 e. The van der Waals surface area contributed by atoms with Crippen LogP contribution in [0.15, 0.2) is 36.4 Å². The van der Waals surface area contributed by atoms with Gasteiger partial charge in [-0.1, -0.05) is 6.07 Å². The van der Waals surface area contributed by atoms with Crippen LogP contribution in [0.25, 0.3) is 0 Å². The Kier molecular flexibility index (Phi) is 6.04. The largest absolute Gasteiger partial charge is 0.484 e. The number of benzene rings is 2. The number of carbonyl (C=O) groups is 1. The quantitative estimate of drug-likeness (QED) is 0.420. The molecule has 2 rings (SSSR count). The first-order chi connectivity index (χ1) is 13.3. The second-order valence-corrected chi connectivity index (χ2v) is 5.83. The predicted molar refractivity (Wildman–Crippen MR) is 88.4 cm³/mol. The summed E-state index contributed by atoms with van der Waals surface area (Å²) in [5.74, 6) is -1.74. The highest BCUT2D eigenvalue weighted by molar-refractivity contribution is 5.93. The normalized spacial score (nSPS) is 11.8. The predicted octanol–water partition coefficient (Wildman–Crippen LogP) is 4.96. The van der Waals surface area contributed by atoms with Gasteiger partial charge in [-0.15, -0.1) is 0 Å². The molecule has 0 unspecified atom stereocenters. The number of amides is 1. The van der Waals surface area contributed by atoms with Gasteiger partial charge in [0.1, 0.15) is 5.75 Å². The van der Waals surface area contributed by atoms with Crippen molar-refractivity contribution in [2.24, 2.45) is 0 Å². The fraction of sp³-hybridized carbons (Fsp3) is 0.235. The summed E-state index contributed by atoms with van der Waals surface area (Å²) in [6.45, 7) is 0.614. The Balaban J connectivity index is 2.18. The van der Waals surface area contributed by atoms with E-state index in [1.165, 1.54) is 19.1 Å². The number of non-ortho nitro benzene ring substituents is 1. The van der Waals surface area contributed by atoms with E-state index in [0.29, 0.717) is 17.7 Å². The molecule has 29 heavy (non-hydrogen) atoms. The molecule has 0 saturated carbocycles. The molecule has 2 aromatic carbocycles. The smallest absolute Gasteiger partial charge is 0.416 e. The van der Waals surface area contributed by atoms with Crippen LogP contribution in [-0.4, -0.2) is 17.4 Å². The fourth-order valence-electron chi connectivity index (χ4n) is 2.20. The van der Waals surface area contributed by atoms with Gasteiger partial charge in [0.25, 0.3) is 11.6 Å². The number of nitro groups is 1. The number of ether oxygens (including phenoxy) is 1. The zero-order chi connectivity index (χ0) is 22.0. The van der Waals surface area contributed by atoms with E-state index in [9.17, 15) is 41.3 Å². The first-order valence-corrected chi connectivity index (χ1v) is 7.74. The lowest BCUT2D eigenvalue weighted by Crippen LogP contribution is -2.21. The number of nitrogens with one attached hydrogen (secondary N) is 1. The molecule has 156 valence electrons. The summed E-state index contributed by atoms with van der Waals surface area (Å²) in [4.78, 5) is 22.0. The van der Waals surface area contributed by atoms with Gasteiger partial charge in [-0.3, -0.25) is 14.9 Å². The number of nitrogens with zero attached hydrogens (tertiary/aromatic N) is 1. The van der Waals surface area contributed by atoms with Crippen LogP contribution in [-0.2, 0) is 17.1 Å². The molecule has 0 saturated heterocycles. The monoisotopic (exact) mass is 422 g/mol. The van der Waals surface area contributed by atoms with Gasteiger partial charge in [-0.25, -0.2) is 0 Å². The van der Waals surface area contributed by atoms with E-state index in [1.807, 2.05) is 0 Å². The van der Waals surface area contributed by atoms with Crippen molar-refractivity contribution in [3.8, 4) is 5.75 Å². The van der Waals surface area contributed by atoms with Crippen LogP contribution < -0.4 is 10.1 Å². The lowest BCUT2D eigenvalue weighted by atomic mass is 10.1. The summed E-state index contributed by atoms with van der Waals surface area (Å²) in [6.07, 6.45) is -10.1. The number of alkyl halides is 6. The van der Waals surface area contributed by atoms with E-state index in [4.69, 9.17) is 4.74 Å². The van der Waals surface area contributed by atoms with Crippen LogP contribution in [0, 0.1) is 17.0 Å². The molecule has 1 N–H and O–H groups in total. The van der Waals surface area contributed by atoms with Crippen molar-refractivity contribution < 1.29 is 40.8 Å². The Morgan fingerprint density at radius 3 is 2.07 bits per heavy atom.